The molecule has 1 saturated carbocycles. The van der Waals surface area contributed by atoms with Crippen molar-refractivity contribution >= 4 is 16.6 Å². The fourth-order valence-corrected chi connectivity index (χ4v) is 3.91. The van der Waals surface area contributed by atoms with Crippen molar-refractivity contribution in [1.82, 2.24) is 9.47 Å². The SMILES string of the molecule is [C-]#[N+]c1ccc2c(c1)c([C@H]1CCC[C@@H]1CN(C)C)cn2C. The summed E-state index contributed by atoms with van der Waals surface area (Å²) >= 11 is 0. The zero-order chi connectivity index (χ0) is 15.0. The molecule has 110 valence electrons. The highest BCUT2D eigenvalue weighted by atomic mass is 15.1. The first-order chi connectivity index (χ1) is 10.1. The van der Waals surface area contributed by atoms with Crippen LogP contribution in [0.25, 0.3) is 15.7 Å². The van der Waals surface area contributed by atoms with E-state index in [1.54, 1.807) is 0 Å². The molecule has 1 aliphatic rings. The van der Waals surface area contributed by atoms with Crippen molar-refractivity contribution in [2.75, 3.05) is 20.6 Å². The molecular weight excluding hydrogens is 258 g/mol. The topological polar surface area (TPSA) is 12.5 Å². The highest BCUT2D eigenvalue weighted by Crippen LogP contribution is 2.43. The second kappa shape index (κ2) is 5.54. The molecule has 0 aliphatic heterocycles. The molecule has 0 saturated heterocycles. The number of fused-ring (bicyclic) bond motifs is 1. The van der Waals surface area contributed by atoms with E-state index < -0.39 is 0 Å². The van der Waals surface area contributed by atoms with Crippen molar-refractivity contribution in [2.45, 2.75) is 25.2 Å². The Morgan fingerprint density at radius 1 is 1.33 bits per heavy atom. The maximum atomic E-state index is 7.25. The van der Waals surface area contributed by atoms with Crippen molar-refractivity contribution in [3.05, 3.63) is 41.4 Å². The molecular formula is C18H23N3. The minimum absolute atomic E-state index is 0.636. The van der Waals surface area contributed by atoms with Gasteiger partial charge in [0.25, 0.3) is 0 Å². The minimum Gasteiger partial charge on any atom is -0.350 e. The quantitative estimate of drug-likeness (QED) is 0.769. The lowest BCUT2D eigenvalue weighted by molar-refractivity contribution is 0.310. The summed E-state index contributed by atoms with van der Waals surface area (Å²) in [5, 5.41) is 1.28. The van der Waals surface area contributed by atoms with E-state index in [1.165, 1.54) is 35.7 Å². The average Bonchev–Trinajstić information content (AvgIpc) is 3.02. The standard InChI is InChI=1S/C18H23N3/c1-19-14-8-9-18-16(10-14)17(12-21(18)4)15-7-5-6-13(15)11-20(2)3/h8-10,12-13,15H,5-7,11H2,2-4H3/t13-,15+/m1/s1. The molecule has 1 aromatic heterocycles. The second-order valence-electron chi connectivity index (χ2n) is 6.57. The maximum Gasteiger partial charge on any atom is 0.187 e. The van der Waals surface area contributed by atoms with Crippen LogP contribution in [0, 0.1) is 12.5 Å². The van der Waals surface area contributed by atoms with E-state index in [9.17, 15) is 0 Å². The molecule has 0 bridgehead atoms. The van der Waals surface area contributed by atoms with Crippen LogP contribution in [-0.2, 0) is 7.05 Å². The van der Waals surface area contributed by atoms with Crippen molar-refractivity contribution in [3.8, 4) is 0 Å². The average molecular weight is 281 g/mol. The van der Waals surface area contributed by atoms with E-state index in [1.807, 2.05) is 6.07 Å². The highest BCUT2D eigenvalue weighted by molar-refractivity contribution is 5.88. The van der Waals surface area contributed by atoms with Gasteiger partial charge in [0.05, 0.1) is 6.57 Å². The van der Waals surface area contributed by atoms with Crippen molar-refractivity contribution in [3.63, 3.8) is 0 Å². The Labute approximate surface area is 127 Å². The molecule has 1 fully saturated rings. The Hall–Kier alpha value is -1.79. The normalized spacial score (nSPS) is 22.0. The van der Waals surface area contributed by atoms with Crippen molar-refractivity contribution in [1.29, 1.82) is 0 Å². The lowest BCUT2D eigenvalue weighted by atomic mass is 9.88. The van der Waals surface area contributed by atoms with Crippen molar-refractivity contribution < 1.29 is 0 Å². The molecule has 0 unspecified atom stereocenters. The second-order valence-corrected chi connectivity index (χ2v) is 6.57. The van der Waals surface area contributed by atoms with E-state index >= 15 is 0 Å². The molecule has 21 heavy (non-hydrogen) atoms. The summed E-state index contributed by atoms with van der Waals surface area (Å²) in [5.41, 5.74) is 3.44. The van der Waals surface area contributed by atoms with Crippen LogP contribution in [-0.4, -0.2) is 30.1 Å². The van der Waals surface area contributed by atoms with Gasteiger partial charge in [-0.15, -0.1) is 0 Å². The Bertz CT molecular complexity index is 690. The summed E-state index contributed by atoms with van der Waals surface area (Å²) in [6.07, 6.45) is 6.21. The fourth-order valence-electron chi connectivity index (χ4n) is 3.91. The fraction of sp³-hybridized carbons (Fsp3) is 0.500. The third-order valence-corrected chi connectivity index (χ3v) is 4.79. The summed E-state index contributed by atoms with van der Waals surface area (Å²) in [4.78, 5) is 5.90. The lowest BCUT2D eigenvalue weighted by Gasteiger charge is -2.23. The summed E-state index contributed by atoms with van der Waals surface area (Å²) in [6.45, 7) is 8.41. The monoisotopic (exact) mass is 281 g/mol. The van der Waals surface area contributed by atoms with Gasteiger partial charge in [0.1, 0.15) is 0 Å². The van der Waals surface area contributed by atoms with E-state index in [4.69, 9.17) is 6.57 Å². The Morgan fingerprint density at radius 2 is 2.14 bits per heavy atom. The Balaban J connectivity index is 2.05. The van der Waals surface area contributed by atoms with Gasteiger partial charge < -0.3 is 9.47 Å². The van der Waals surface area contributed by atoms with Gasteiger partial charge in [-0.2, -0.15) is 0 Å². The molecule has 0 spiro atoms. The minimum atomic E-state index is 0.636. The first-order valence-corrected chi connectivity index (χ1v) is 7.71. The first kappa shape index (κ1) is 14.2. The van der Waals surface area contributed by atoms with Crippen LogP contribution in [0.5, 0.6) is 0 Å². The number of aryl methyl sites for hydroxylation is 1. The van der Waals surface area contributed by atoms with Crippen LogP contribution < -0.4 is 0 Å². The largest absolute Gasteiger partial charge is 0.350 e. The van der Waals surface area contributed by atoms with E-state index in [-0.39, 0.29) is 0 Å². The van der Waals surface area contributed by atoms with Crippen LogP contribution in [0.3, 0.4) is 0 Å². The molecule has 3 heteroatoms. The zero-order valence-electron chi connectivity index (χ0n) is 13.1. The maximum absolute atomic E-state index is 7.25. The van der Waals surface area contributed by atoms with Gasteiger partial charge in [-0.1, -0.05) is 12.5 Å². The molecule has 2 atom stereocenters. The lowest BCUT2D eigenvalue weighted by Crippen LogP contribution is -2.23. The molecule has 0 radical (unpaired) electrons. The zero-order valence-corrected chi connectivity index (χ0v) is 13.1. The number of hydrogen-bond donors (Lipinski definition) is 0. The summed E-state index contributed by atoms with van der Waals surface area (Å²) in [6, 6.07) is 6.08. The third-order valence-electron chi connectivity index (χ3n) is 4.79. The third kappa shape index (κ3) is 2.56. The summed E-state index contributed by atoms with van der Waals surface area (Å²) < 4.78 is 2.21. The number of rotatable bonds is 3. The molecule has 1 heterocycles. The predicted octanol–water partition coefficient (Wildman–Crippen LogP) is 4.17. The van der Waals surface area contributed by atoms with Crippen LogP contribution in [0.2, 0.25) is 0 Å². The highest BCUT2D eigenvalue weighted by Gasteiger charge is 2.30. The van der Waals surface area contributed by atoms with Crippen LogP contribution >= 0.6 is 0 Å². The Kier molecular flexibility index (Phi) is 3.73. The van der Waals surface area contributed by atoms with Crippen molar-refractivity contribution in [2.24, 2.45) is 13.0 Å². The van der Waals surface area contributed by atoms with Gasteiger partial charge in [-0.3, -0.25) is 0 Å². The predicted molar refractivity (Wildman–Crippen MR) is 87.8 cm³/mol. The number of nitrogens with zero attached hydrogens (tertiary/aromatic N) is 3. The molecule has 3 rings (SSSR count). The number of hydrogen-bond acceptors (Lipinski definition) is 1. The van der Waals surface area contributed by atoms with Gasteiger partial charge in [0.2, 0.25) is 0 Å². The molecule has 1 aromatic carbocycles. The smallest absolute Gasteiger partial charge is 0.187 e. The van der Waals surface area contributed by atoms with E-state index in [0.717, 1.165) is 18.2 Å². The van der Waals surface area contributed by atoms with Crippen LogP contribution in [0.1, 0.15) is 30.7 Å². The van der Waals surface area contributed by atoms with Gasteiger partial charge in [0.15, 0.2) is 5.69 Å². The summed E-state index contributed by atoms with van der Waals surface area (Å²) in [7, 11) is 6.43. The number of aromatic nitrogens is 1. The van der Waals surface area contributed by atoms with E-state index in [2.05, 4.69) is 53.8 Å². The van der Waals surface area contributed by atoms with Gasteiger partial charge >= 0.3 is 0 Å². The molecule has 0 N–H and O–H groups in total. The van der Waals surface area contributed by atoms with Gasteiger partial charge in [-0.25, -0.2) is 4.85 Å². The van der Waals surface area contributed by atoms with Crippen LogP contribution in [0.15, 0.2) is 24.4 Å². The Morgan fingerprint density at radius 3 is 2.86 bits per heavy atom. The van der Waals surface area contributed by atoms with E-state index in [0.29, 0.717) is 5.92 Å². The first-order valence-electron chi connectivity index (χ1n) is 7.71. The summed E-state index contributed by atoms with van der Waals surface area (Å²) in [5.74, 6) is 1.37. The molecule has 2 aromatic rings. The molecule has 3 nitrogen and oxygen atoms in total. The van der Waals surface area contributed by atoms with Gasteiger partial charge in [-0.05, 0) is 61.9 Å². The van der Waals surface area contributed by atoms with Crippen LogP contribution in [0.4, 0.5) is 5.69 Å². The molecule has 0 amide bonds. The number of benzene rings is 1. The van der Waals surface area contributed by atoms with Gasteiger partial charge in [0, 0.05) is 25.3 Å². The molecule has 1 aliphatic carbocycles.